The van der Waals surface area contributed by atoms with E-state index in [0.29, 0.717) is 13.1 Å². The third kappa shape index (κ3) is 2.17. The SMILES string of the molecule is Cc1ccccc1CN1CCCN(N)C1=O. The Labute approximate surface area is 95.6 Å². The van der Waals surface area contributed by atoms with Crippen LogP contribution in [0.5, 0.6) is 0 Å². The summed E-state index contributed by atoms with van der Waals surface area (Å²) in [5.74, 6) is 5.60. The third-order valence-electron chi connectivity index (χ3n) is 2.97. The molecule has 0 aliphatic carbocycles. The minimum atomic E-state index is -0.0745. The standard InChI is InChI=1S/C12H17N3O/c1-10-5-2-3-6-11(10)9-14-7-4-8-15(13)12(14)16/h2-3,5-6H,4,7-9,13H2,1H3. The van der Waals surface area contributed by atoms with Crippen LogP contribution in [0.3, 0.4) is 0 Å². The Bertz CT molecular complexity index is 392. The molecule has 4 heteroatoms. The van der Waals surface area contributed by atoms with Gasteiger partial charge in [0.05, 0.1) is 0 Å². The first-order valence-corrected chi connectivity index (χ1v) is 5.54. The lowest BCUT2D eigenvalue weighted by Crippen LogP contribution is -2.52. The van der Waals surface area contributed by atoms with Crippen LogP contribution in [-0.2, 0) is 6.54 Å². The largest absolute Gasteiger partial charge is 0.334 e. The maximum atomic E-state index is 11.8. The minimum absolute atomic E-state index is 0.0745. The van der Waals surface area contributed by atoms with Crippen molar-refractivity contribution in [2.45, 2.75) is 19.9 Å². The van der Waals surface area contributed by atoms with Crippen LogP contribution < -0.4 is 5.84 Å². The number of benzene rings is 1. The van der Waals surface area contributed by atoms with Gasteiger partial charge in [0.25, 0.3) is 0 Å². The van der Waals surface area contributed by atoms with Crippen molar-refractivity contribution in [2.24, 2.45) is 5.84 Å². The van der Waals surface area contributed by atoms with Gasteiger partial charge in [-0.25, -0.2) is 10.6 Å². The van der Waals surface area contributed by atoms with Gasteiger partial charge in [-0.15, -0.1) is 0 Å². The Balaban J connectivity index is 2.10. The van der Waals surface area contributed by atoms with Crippen LogP contribution >= 0.6 is 0 Å². The molecule has 2 rings (SSSR count). The molecule has 0 atom stereocenters. The van der Waals surface area contributed by atoms with Crippen molar-refractivity contribution < 1.29 is 4.79 Å². The molecule has 1 aromatic carbocycles. The Morgan fingerprint density at radius 1 is 1.31 bits per heavy atom. The number of carbonyl (C=O) groups is 1. The number of nitrogens with two attached hydrogens (primary N) is 1. The van der Waals surface area contributed by atoms with Crippen LogP contribution in [0.1, 0.15) is 17.5 Å². The summed E-state index contributed by atoms with van der Waals surface area (Å²) < 4.78 is 0. The van der Waals surface area contributed by atoms with Crippen molar-refractivity contribution in [1.82, 2.24) is 9.91 Å². The zero-order valence-corrected chi connectivity index (χ0v) is 9.52. The number of aryl methyl sites for hydroxylation is 1. The molecule has 16 heavy (non-hydrogen) atoms. The number of carbonyl (C=O) groups excluding carboxylic acids is 1. The van der Waals surface area contributed by atoms with Crippen LogP contribution in [0.25, 0.3) is 0 Å². The highest BCUT2D eigenvalue weighted by molar-refractivity contribution is 5.74. The summed E-state index contributed by atoms with van der Waals surface area (Å²) in [6, 6.07) is 8.04. The van der Waals surface area contributed by atoms with E-state index in [0.717, 1.165) is 13.0 Å². The molecule has 0 saturated carbocycles. The van der Waals surface area contributed by atoms with Gasteiger partial charge >= 0.3 is 6.03 Å². The monoisotopic (exact) mass is 219 g/mol. The van der Waals surface area contributed by atoms with E-state index < -0.39 is 0 Å². The highest BCUT2D eigenvalue weighted by atomic mass is 16.2. The molecule has 1 saturated heterocycles. The van der Waals surface area contributed by atoms with E-state index >= 15 is 0 Å². The molecule has 1 aliphatic heterocycles. The van der Waals surface area contributed by atoms with E-state index in [1.165, 1.54) is 16.1 Å². The van der Waals surface area contributed by atoms with Crippen LogP contribution in [-0.4, -0.2) is 29.0 Å². The van der Waals surface area contributed by atoms with Crippen molar-refractivity contribution in [3.63, 3.8) is 0 Å². The van der Waals surface area contributed by atoms with Gasteiger partial charge in [0.15, 0.2) is 0 Å². The average Bonchev–Trinajstić information content (AvgIpc) is 2.28. The van der Waals surface area contributed by atoms with E-state index in [1.54, 1.807) is 4.90 Å². The lowest BCUT2D eigenvalue weighted by Gasteiger charge is -2.33. The van der Waals surface area contributed by atoms with Gasteiger partial charge in [-0.1, -0.05) is 24.3 Å². The Morgan fingerprint density at radius 2 is 2.06 bits per heavy atom. The van der Waals surface area contributed by atoms with Gasteiger partial charge in [0.1, 0.15) is 0 Å². The van der Waals surface area contributed by atoms with Gasteiger partial charge in [0, 0.05) is 19.6 Å². The molecule has 86 valence electrons. The van der Waals surface area contributed by atoms with Gasteiger partial charge < -0.3 is 4.90 Å². The molecule has 4 nitrogen and oxygen atoms in total. The van der Waals surface area contributed by atoms with Gasteiger partial charge in [-0.3, -0.25) is 5.01 Å². The highest BCUT2D eigenvalue weighted by Gasteiger charge is 2.23. The zero-order valence-electron chi connectivity index (χ0n) is 9.52. The molecule has 0 radical (unpaired) electrons. The molecule has 0 spiro atoms. The number of rotatable bonds is 2. The van der Waals surface area contributed by atoms with E-state index in [1.807, 2.05) is 12.1 Å². The number of urea groups is 1. The summed E-state index contributed by atoms with van der Waals surface area (Å²) in [6.45, 7) is 4.16. The van der Waals surface area contributed by atoms with Crippen LogP contribution in [0, 0.1) is 6.92 Å². The minimum Gasteiger partial charge on any atom is -0.319 e. The molecule has 2 amide bonds. The third-order valence-corrected chi connectivity index (χ3v) is 2.97. The summed E-state index contributed by atoms with van der Waals surface area (Å²) in [5, 5.41) is 1.29. The first-order chi connectivity index (χ1) is 7.68. The van der Waals surface area contributed by atoms with Gasteiger partial charge in [-0.05, 0) is 24.5 Å². The van der Waals surface area contributed by atoms with Crippen LogP contribution in [0.15, 0.2) is 24.3 Å². The second-order valence-electron chi connectivity index (χ2n) is 4.18. The van der Waals surface area contributed by atoms with Crippen molar-refractivity contribution in [2.75, 3.05) is 13.1 Å². The second-order valence-corrected chi connectivity index (χ2v) is 4.18. The van der Waals surface area contributed by atoms with E-state index in [4.69, 9.17) is 5.84 Å². The smallest absolute Gasteiger partial charge is 0.319 e. The first kappa shape index (κ1) is 11.0. The topological polar surface area (TPSA) is 49.6 Å². The highest BCUT2D eigenvalue weighted by Crippen LogP contribution is 2.14. The fourth-order valence-electron chi connectivity index (χ4n) is 1.94. The molecule has 0 aromatic heterocycles. The number of nitrogens with zero attached hydrogens (tertiary/aromatic N) is 2. The molecular formula is C12H17N3O. The fourth-order valence-corrected chi connectivity index (χ4v) is 1.94. The molecular weight excluding hydrogens is 202 g/mol. The quantitative estimate of drug-likeness (QED) is 0.605. The van der Waals surface area contributed by atoms with Gasteiger partial charge in [0.2, 0.25) is 0 Å². The molecule has 0 bridgehead atoms. The normalized spacial score (nSPS) is 16.8. The molecule has 0 unspecified atom stereocenters. The predicted molar refractivity (Wildman–Crippen MR) is 62.5 cm³/mol. The second kappa shape index (κ2) is 4.53. The summed E-state index contributed by atoms with van der Waals surface area (Å²) in [4.78, 5) is 13.6. The summed E-state index contributed by atoms with van der Waals surface area (Å²) in [7, 11) is 0. The van der Waals surface area contributed by atoms with Gasteiger partial charge in [-0.2, -0.15) is 0 Å². The lowest BCUT2D eigenvalue weighted by atomic mass is 10.1. The summed E-state index contributed by atoms with van der Waals surface area (Å²) >= 11 is 0. The van der Waals surface area contributed by atoms with Crippen molar-refractivity contribution >= 4 is 6.03 Å². The Morgan fingerprint density at radius 3 is 2.81 bits per heavy atom. The summed E-state index contributed by atoms with van der Waals surface area (Å²) in [6.07, 6.45) is 0.939. The van der Waals surface area contributed by atoms with Crippen molar-refractivity contribution in [1.29, 1.82) is 0 Å². The van der Waals surface area contributed by atoms with Crippen LogP contribution in [0.2, 0.25) is 0 Å². The fraction of sp³-hybridized carbons (Fsp3) is 0.417. The van der Waals surface area contributed by atoms with Crippen molar-refractivity contribution in [3.05, 3.63) is 35.4 Å². The maximum absolute atomic E-state index is 11.8. The predicted octanol–water partition coefficient (Wildman–Crippen LogP) is 1.50. The average molecular weight is 219 g/mol. The number of hydrogen-bond acceptors (Lipinski definition) is 2. The van der Waals surface area contributed by atoms with Crippen molar-refractivity contribution in [3.8, 4) is 0 Å². The molecule has 2 N–H and O–H groups in total. The molecule has 1 heterocycles. The number of hydrazine groups is 1. The first-order valence-electron chi connectivity index (χ1n) is 5.54. The number of amides is 2. The molecule has 1 aromatic rings. The van der Waals surface area contributed by atoms with E-state index in [-0.39, 0.29) is 6.03 Å². The lowest BCUT2D eigenvalue weighted by molar-refractivity contribution is 0.127. The van der Waals surface area contributed by atoms with E-state index in [9.17, 15) is 4.79 Å². The number of hydrogen-bond donors (Lipinski definition) is 1. The molecule has 1 aliphatic rings. The Kier molecular flexibility index (Phi) is 3.10. The van der Waals surface area contributed by atoms with Crippen LogP contribution in [0.4, 0.5) is 4.79 Å². The summed E-state index contributed by atoms with van der Waals surface area (Å²) in [5.41, 5.74) is 2.40. The Hall–Kier alpha value is -1.55. The maximum Gasteiger partial charge on any atom is 0.334 e. The zero-order chi connectivity index (χ0) is 11.5. The molecule has 1 fully saturated rings. The van der Waals surface area contributed by atoms with E-state index in [2.05, 4.69) is 19.1 Å².